The zero-order valence-corrected chi connectivity index (χ0v) is 25.6. The van der Waals surface area contributed by atoms with Gasteiger partial charge in [-0.3, -0.25) is 4.79 Å². The molecular formula is C31H42Cl2N4O3. The highest BCUT2D eigenvalue weighted by Gasteiger charge is 2.32. The van der Waals surface area contributed by atoms with Gasteiger partial charge in [0.1, 0.15) is 18.4 Å². The van der Waals surface area contributed by atoms with Crippen LogP contribution in [0.15, 0.2) is 36.4 Å². The van der Waals surface area contributed by atoms with Gasteiger partial charge in [-0.15, -0.1) is 0 Å². The van der Waals surface area contributed by atoms with E-state index in [1.165, 1.54) is 0 Å². The van der Waals surface area contributed by atoms with Crippen LogP contribution in [0.3, 0.4) is 0 Å². The molecular weight excluding hydrogens is 547 g/mol. The predicted octanol–water partition coefficient (Wildman–Crippen LogP) is 5.75. The molecule has 0 unspecified atom stereocenters. The number of benzene rings is 2. The predicted molar refractivity (Wildman–Crippen MR) is 162 cm³/mol. The quantitative estimate of drug-likeness (QED) is 0.405. The summed E-state index contributed by atoms with van der Waals surface area (Å²) in [6, 6.07) is 11.0. The fourth-order valence-electron chi connectivity index (χ4n) is 5.43. The molecule has 0 bridgehead atoms. The molecule has 218 valence electrons. The van der Waals surface area contributed by atoms with E-state index in [1.807, 2.05) is 56.3 Å². The monoisotopic (exact) mass is 588 g/mol. The molecule has 2 heterocycles. The highest BCUT2D eigenvalue weighted by molar-refractivity contribution is 6.31. The number of likely N-dealkylation sites (tertiary alicyclic amines) is 2. The first-order chi connectivity index (χ1) is 19.1. The summed E-state index contributed by atoms with van der Waals surface area (Å²) < 4.78 is 6.22. The van der Waals surface area contributed by atoms with Gasteiger partial charge in [0.15, 0.2) is 0 Å². The van der Waals surface area contributed by atoms with Gasteiger partial charge < -0.3 is 24.8 Å². The molecule has 9 heteroatoms. The van der Waals surface area contributed by atoms with Crippen molar-refractivity contribution in [1.29, 1.82) is 0 Å². The fraction of sp³-hybridized carbons (Fsp3) is 0.548. The van der Waals surface area contributed by atoms with Crippen LogP contribution in [0.4, 0.5) is 4.79 Å². The first kappa shape index (κ1) is 30.5. The second kappa shape index (κ2) is 13.9. The Kier molecular flexibility index (Phi) is 10.6. The summed E-state index contributed by atoms with van der Waals surface area (Å²) in [4.78, 5) is 32.7. The number of likely N-dealkylation sites (N-methyl/N-ethyl adjacent to an activating group) is 1. The van der Waals surface area contributed by atoms with E-state index in [0.29, 0.717) is 36.2 Å². The van der Waals surface area contributed by atoms with Crippen LogP contribution in [-0.4, -0.2) is 85.6 Å². The minimum absolute atomic E-state index is 0.0345. The summed E-state index contributed by atoms with van der Waals surface area (Å²) in [5.74, 6) is 1.05. The summed E-state index contributed by atoms with van der Waals surface area (Å²) in [5.41, 5.74) is 3.16. The average Bonchev–Trinajstić information content (AvgIpc) is 3.48. The van der Waals surface area contributed by atoms with Crippen LogP contribution in [0.1, 0.15) is 55.2 Å². The molecule has 0 saturated carbocycles. The number of aryl methyl sites for hydroxylation is 1. The summed E-state index contributed by atoms with van der Waals surface area (Å²) in [5, 5.41) is 4.38. The number of halogens is 2. The third-order valence-corrected chi connectivity index (χ3v) is 8.77. The zero-order valence-electron chi connectivity index (χ0n) is 24.1. The van der Waals surface area contributed by atoms with Gasteiger partial charge in [-0.25, -0.2) is 4.79 Å². The number of nitrogens with one attached hydrogen (secondary N) is 1. The molecule has 2 aliphatic heterocycles. The largest absolute Gasteiger partial charge is 0.492 e. The van der Waals surface area contributed by atoms with Crippen molar-refractivity contribution in [1.82, 2.24) is 20.0 Å². The summed E-state index contributed by atoms with van der Waals surface area (Å²) in [6.07, 6.45) is 4.07. The van der Waals surface area contributed by atoms with Crippen molar-refractivity contribution < 1.29 is 14.3 Å². The SMILES string of the molecule is Cc1cc(Cl)ccc1C[C@@H](NC(=O)N1CCCC1)C(=O)N1CCC(c2ccc(Cl)cc2OC[C@@H](C)N(C)C)CC1. The second-order valence-electron chi connectivity index (χ2n) is 11.4. The maximum Gasteiger partial charge on any atom is 0.318 e. The molecule has 2 fully saturated rings. The second-order valence-corrected chi connectivity index (χ2v) is 12.2. The van der Waals surface area contributed by atoms with Crippen molar-refractivity contribution in [2.45, 2.75) is 64.0 Å². The molecule has 0 aliphatic carbocycles. The maximum absolute atomic E-state index is 13.8. The molecule has 2 aromatic carbocycles. The Balaban J connectivity index is 1.45. The molecule has 3 amide bonds. The summed E-state index contributed by atoms with van der Waals surface area (Å²) >= 11 is 12.5. The van der Waals surface area contributed by atoms with Crippen LogP contribution in [-0.2, 0) is 11.2 Å². The van der Waals surface area contributed by atoms with Crippen LogP contribution in [0, 0.1) is 6.92 Å². The van der Waals surface area contributed by atoms with E-state index in [4.69, 9.17) is 27.9 Å². The summed E-state index contributed by atoms with van der Waals surface area (Å²) in [6.45, 7) is 7.39. The minimum atomic E-state index is -0.633. The fourth-order valence-corrected chi connectivity index (χ4v) is 5.82. The Morgan fingerprint density at radius 2 is 1.65 bits per heavy atom. The lowest BCUT2D eigenvalue weighted by Crippen LogP contribution is -2.54. The van der Waals surface area contributed by atoms with Gasteiger partial charge in [-0.1, -0.05) is 35.3 Å². The molecule has 7 nitrogen and oxygen atoms in total. The van der Waals surface area contributed by atoms with Crippen molar-refractivity contribution in [2.75, 3.05) is 46.9 Å². The third kappa shape index (κ3) is 7.83. The number of hydrogen-bond acceptors (Lipinski definition) is 4. The van der Waals surface area contributed by atoms with Crippen LogP contribution < -0.4 is 10.1 Å². The number of nitrogens with zero attached hydrogens (tertiary/aromatic N) is 3. The van der Waals surface area contributed by atoms with Gasteiger partial charge in [-0.05, 0) is 100 Å². The van der Waals surface area contributed by atoms with Crippen molar-refractivity contribution in [3.63, 3.8) is 0 Å². The molecule has 2 atom stereocenters. The van der Waals surface area contributed by atoms with Gasteiger partial charge in [-0.2, -0.15) is 0 Å². The standard InChI is InChI=1S/C31H42Cl2N4O3/c1-21-17-25(32)8-7-24(21)18-28(34-31(39)37-13-5-6-14-37)30(38)36-15-11-23(12-16-36)27-10-9-26(33)19-29(27)40-20-22(2)35(3)4/h7-10,17,19,22-23,28H,5-6,11-16,18,20H2,1-4H3,(H,34,39)/t22-,28-/m1/s1. The molecule has 4 rings (SSSR count). The van der Waals surface area contributed by atoms with Gasteiger partial charge in [0.05, 0.1) is 0 Å². The number of carbonyl (C=O) groups excluding carboxylic acids is 2. The van der Waals surface area contributed by atoms with Crippen LogP contribution in [0.25, 0.3) is 0 Å². The maximum atomic E-state index is 13.8. The third-order valence-electron chi connectivity index (χ3n) is 8.30. The van der Waals surface area contributed by atoms with E-state index in [9.17, 15) is 9.59 Å². The van der Waals surface area contributed by atoms with Crippen molar-refractivity contribution in [3.8, 4) is 5.75 Å². The van der Waals surface area contributed by atoms with Crippen molar-refractivity contribution >= 4 is 35.1 Å². The lowest BCUT2D eigenvalue weighted by atomic mass is 9.88. The number of rotatable bonds is 9. The van der Waals surface area contributed by atoms with E-state index < -0.39 is 6.04 Å². The molecule has 0 spiro atoms. The Hall–Kier alpha value is -2.48. The molecule has 0 radical (unpaired) electrons. The normalized spacial score (nSPS) is 17.7. The Labute approximate surface area is 248 Å². The highest BCUT2D eigenvalue weighted by Crippen LogP contribution is 2.36. The topological polar surface area (TPSA) is 65.1 Å². The molecule has 2 aromatic rings. The minimum Gasteiger partial charge on any atom is -0.492 e. The van der Waals surface area contributed by atoms with E-state index in [2.05, 4.69) is 23.2 Å². The smallest absolute Gasteiger partial charge is 0.318 e. The van der Waals surface area contributed by atoms with E-state index >= 15 is 0 Å². The molecule has 0 aromatic heterocycles. The molecule has 40 heavy (non-hydrogen) atoms. The van der Waals surface area contributed by atoms with Crippen LogP contribution in [0.2, 0.25) is 10.0 Å². The number of ether oxygens (including phenoxy) is 1. The number of urea groups is 1. The summed E-state index contributed by atoms with van der Waals surface area (Å²) in [7, 11) is 4.07. The Morgan fingerprint density at radius 1 is 1.00 bits per heavy atom. The lowest BCUT2D eigenvalue weighted by Gasteiger charge is -2.35. The number of amides is 3. The zero-order chi connectivity index (χ0) is 28.8. The molecule has 2 saturated heterocycles. The average molecular weight is 590 g/mol. The van der Waals surface area contributed by atoms with E-state index in [1.54, 1.807) is 4.90 Å². The van der Waals surface area contributed by atoms with Gasteiger partial charge in [0.2, 0.25) is 5.91 Å². The van der Waals surface area contributed by atoms with Gasteiger partial charge in [0, 0.05) is 48.7 Å². The van der Waals surface area contributed by atoms with E-state index in [-0.39, 0.29) is 23.9 Å². The highest BCUT2D eigenvalue weighted by atomic mass is 35.5. The van der Waals surface area contributed by atoms with Crippen molar-refractivity contribution in [3.05, 3.63) is 63.1 Å². The van der Waals surface area contributed by atoms with Crippen LogP contribution >= 0.6 is 23.2 Å². The van der Waals surface area contributed by atoms with Crippen LogP contribution in [0.5, 0.6) is 5.75 Å². The number of carbonyl (C=O) groups is 2. The first-order valence-electron chi connectivity index (χ1n) is 14.3. The Morgan fingerprint density at radius 3 is 2.30 bits per heavy atom. The number of hydrogen-bond donors (Lipinski definition) is 1. The first-order valence-corrected chi connectivity index (χ1v) is 15.1. The van der Waals surface area contributed by atoms with Gasteiger partial charge in [0.25, 0.3) is 0 Å². The molecule has 2 aliphatic rings. The Bertz CT molecular complexity index is 1180. The lowest BCUT2D eigenvalue weighted by molar-refractivity contribution is -0.134. The molecule has 1 N–H and O–H groups in total. The van der Waals surface area contributed by atoms with Crippen molar-refractivity contribution in [2.24, 2.45) is 0 Å². The number of piperidine rings is 1. The van der Waals surface area contributed by atoms with Gasteiger partial charge >= 0.3 is 6.03 Å². The van der Waals surface area contributed by atoms with E-state index in [0.717, 1.165) is 61.2 Å².